The van der Waals surface area contributed by atoms with E-state index in [1.54, 1.807) is 11.3 Å². The zero-order valence-electron chi connectivity index (χ0n) is 11.7. The Morgan fingerprint density at radius 3 is 2.62 bits per heavy atom. The molecular weight excluding hydrogens is 278 g/mol. The monoisotopic (exact) mass is 293 g/mol. The van der Waals surface area contributed by atoms with Crippen LogP contribution in [0.25, 0.3) is 11.3 Å². The summed E-state index contributed by atoms with van der Waals surface area (Å²) in [7, 11) is 0. The molecule has 0 aliphatic carbocycles. The predicted molar refractivity (Wildman–Crippen MR) is 89.9 cm³/mol. The molecule has 104 valence electrons. The first-order valence-electron chi connectivity index (χ1n) is 6.68. The molecule has 3 nitrogen and oxygen atoms in total. The Bertz CT molecular complexity index is 747. The van der Waals surface area contributed by atoms with Gasteiger partial charge in [-0.2, -0.15) is 5.10 Å². The summed E-state index contributed by atoms with van der Waals surface area (Å²) in [5, 5.41) is 7.07. The van der Waals surface area contributed by atoms with Crippen molar-refractivity contribution in [3.8, 4) is 11.3 Å². The number of hydrazone groups is 1. The van der Waals surface area contributed by atoms with Crippen LogP contribution in [0.5, 0.6) is 0 Å². The maximum absolute atomic E-state index is 4.53. The minimum absolute atomic E-state index is 0.790. The second-order valence-corrected chi connectivity index (χ2v) is 5.49. The minimum Gasteiger partial charge on any atom is -0.253 e. The molecule has 3 aromatic rings. The van der Waals surface area contributed by atoms with Gasteiger partial charge in [-0.15, -0.1) is 11.3 Å². The predicted octanol–water partition coefficient (Wildman–Crippen LogP) is 4.56. The van der Waals surface area contributed by atoms with E-state index in [9.17, 15) is 0 Å². The molecule has 1 heterocycles. The topological polar surface area (TPSA) is 37.3 Å². The molecule has 21 heavy (non-hydrogen) atoms. The van der Waals surface area contributed by atoms with Gasteiger partial charge in [0.2, 0.25) is 5.13 Å². The van der Waals surface area contributed by atoms with Crippen LogP contribution in [0.2, 0.25) is 0 Å². The smallest absolute Gasteiger partial charge is 0.203 e. The van der Waals surface area contributed by atoms with Gasteiger partial charge >= 0.3 is 0 Å². The average molecular weight is 293 g/mol. The van der Waals surface area contributed by atoms with Gasteiger partial charge in [-0.3, -0.25) is 5.43 Å². The molecule has 0 saturated carbocycles. The lowest BCUT2D eigenvalue weighted by molar-refractivity contribution is 1.28. The van der Waals surface area contributed by atoms with E-state index >= 15 is 0 Å². The Hall–Kier alpha value is -2.46. The quantitative estimate of drug-likeness (QED) is 0.565. The Morgan fingerprint density at radius 1 is 1.05 bits per heavy atom. The van der Waals surface area contributed by atoms with Crippen LogP contribution in [0, 0.1) is 6.92 Å². The van der Waals surface area contributed by atoms with E-state index in [4.69, 9.17) is 0 Å². The van der Waals surface area contributed by atoms with E-state index in [2.05, 4.69) is 40.6 Å². The number of nitrogens with one attached hydrogen (secondary N) is 1. The molecule has 0 spiro atoms. The van der Waals surface area contributed by atoms with Crippen LogP contribution < -0.4 is 5.43 Å². The first-order valence-corrected chi connectivity index (χ1v) is 7.56. The molecule has 0 amide bonds. The van der Waals surface area contributed by atoms with Crippen molar-refractivity contribution in [2.24, 2.45) is 5.10 Å². The zero-order valence-corrected chi connectivity index (χ0v) is 12.5. The van der Waals surface area contributed by atoms with Crippen molar-refractivity contribution in [3.05, 3.63) is 71.1 Å². The Labute approximate surface area is 128 Å². The third kappa shape index (κ3) is 3.35. The zero-order chi connectivity index (χ0) is 14.5. The van der Waals surface area contributed by atoms with Crippen molar-refractivity contribution >= 4 is 22.7 Å². The normalized spacial score (nSPS) is 10.9. The second-order valence-electron chi connectivity index (χ2n) is 4.63. The average Bonchev–Trinajstić information content (AvgIpc) is 2.99. The van der Waals surface area contributed by atoms with Crippen molar-refractivity contribution in [1.82, 2.24) is 4.98 Å². The van der Waals surface area contributed by atoms with Crippen LogP contribution in [0.3, 0.4) is 0 Å². The van der Waals surface area contributed by atoms with E-state index < -0.39 is 0 Å². The molecule has 3 rings (SSSR count). The van der Waals surface area contributed by atoms with Crippen molar-refractivity contribution in [2.45, 2.75) is 6.92 Å². The first kappa shape index (κ1) is 13.5. The van der Waals surface area contributed by atoms with Crippen LogP contribution in [-0.4, -0.2) is 11.2 Å². The van der Waals surface area contributed by atoms with Gasteiger partial charge in [0, 0.05) is 10.9 Å². The van der Waals surface area contributed by atoms with Crippen LogP contribution in [0.15, 0.2) is 65.1 Å². The van der Waals surface area contributed by atoms with Crippen molar-refractivity contribution in [3.63, 3.8) is 0 Å². The molecular formula is C17H15N3S. The molecule has 0 fully saturated rings. The van der Waals surface area contributed by atoms with Crippen LogP contribution in [0.1, 0.15) is 11.1 Å². The van der Waals surface area contributed by atoms with Crippen molar-refractivity contribution in [1.29, 1.82) is 0 Å². The van der Waals surface area contributed by atoms with Gasteiger partial charge in [0.25, 0.3) is 0 Å². The first-order chi connectivity index (χ1) is 10.3. The molecule has 0 atom stereocenters. The van der Waals surface area contributed by atoms with E-state index in [-0.39, 0.29) is 0 Å². The van der Waals surface area contributed by atoms with E-state index in [1.807, 2.05) is 48.0 Å². The van der Waals surface area contributed by atoms with Crippen LogP contribution in [0.4, 0.5) is 5.13 Å². The Balaban J connectivity index is 1.70. The minimum atomic E-state index is 0.790. The fourth-order valence-corrected chi connectivity index (χ4v) is 2.62. The number of thiazole rings is 1. The summed E-state index contributed by atoms with van der Waals surface area (Å²) < 4.78 is 0. The van der Waals surface area contributed by atoms with Gasteiger partial charge < -0.3 is 0 Å². The molecule has 0 aliphatic heterocycles. The molecule has 0 bridgehead atoms. The highest BCUT2D eigenvalue weighted by Crippen LogP contribution is 2.24. The third-order valence-electron chi connectivity index (χ3n) is 3.13. The number of benzene rings is 2. The lowest BCUT2D eigenvalue weighted by Gasteiger charge is -1.98. The maximum Gasteiger partial charge on any atom is 0.203 e. The lowest BCUT2D eigenvalue weighted by atomic mass is 10.1. The van der Waals surface area contributed by atoms with Crippen molar-refractivity contribution < 1.29 is 0 Å². The molecule has 1 N–H and O–H groups in total. The standard InChI is InChI=1S/C17H15N3S/c1-13-7-5-6-10-15(13)11-18-20-17-19-16(12-21-17)14-8-3-2-4-9-14/h2-12H,1H3,(H,19,20)/b18-11-. The fraction of sp³-hybridized carbons (Fsp3) is 0.0588. The summed E-state index contributed by atoms with van der Waals surface area (Å²) in [6, 6.07) is 18.3. The van der Waals surface area contributed by atoms with E-state index in [1.165, 1.54) is 5.56 Å². The number of aryl methyl sites for hydroxylation is 1. The number of rotatable bonds is 4. The van der Waals surface area contributed by atoms with Gasteiger partial charge in [0.15, 0.2) is 0 Å². The highest BCUT2D eigenvalue weighted by molar-refractivity contribution is 7.14. The molecule has 2 aromatic carbocycles. The van der Waals surface area contributed by atoms with Gasteiger partial charge in [0.1, 0.15) is 0 Å². The molecule has 1 aromatic heterocycles. The number of hydrogen-bond donors (Lipinski definition) is 1. The number of hydrogen-bond acceptors (Lipinski definition) is 4. The van der Waals surface area contributed by atoms with Crippen molar-refractivity contribution in [2.75, 3.05) is 5.43 Å². The lowest BCUT2D eigenvalue weighted by Crippen LogP contribution is -1.92. The highest BCUT2D eigenvalue weighted by atomic mass is 32.1. The van der Waals surface area contributed by atoms with E-state index in [0.717, 1.165) is 22.0 Å². The van der Waals surface area contributed by atoms with E-state index in [0.29, 0.717) is 0 Å². The molecule has 0 saturated heterocycles. The third-order valence-corrected chi connectivity index (χ3v) is 3.87. The fourth-order valence-electron chi connectivity index (χ4n) is 1.96. The second kappa shape index (κ2) is 6.33. The molecule has 4 heteroatoms. The summed E-state index contributed by atoms with van der Waals surface area (Å²) in [5.41, 5.74) is 7.37. The maximum atomic E-state index is 4.53. The Morgan fingerprint density at radius 2 is 1.81 bits per heavy atom. The summed E-state index contributed by atoms with van der Waals surface area (Å²) in [5.74, 6) is 0. The Kier molecular flexibility index (Phi) is 4.07. The number of aromatic nitrogens is 1. The van der Waals surface area contributed by atoms with Gasteiger partial charge in [-0.25, -0.2) is 4.98 Å². The van der Waals surface area contributed by atoms with Gasteiger partial charge in [-0.05, 0) is 18.1 Å². The number of nitrogens with zero attached hydrogens (tertiary/aromatic N) is 2. The summed E-state index contributed by atoms with van der Waals surface area (Å²) >= 11 is 1.55. The largest absolute Gasteiger partial charge is 0.253 e. The molecule has 0 aliphatic rings. The summed E-state index contributed by atoms with van der Waals surface area (Å²) in [6.07, 6.45) is 1.82. The van der Waals surface area contributed by atoms with Gasteiger partial charge in [0.05, 0.1) is 11.9 Å². The SMILES string of the molecule is Cc1ccccc1/C=N\Nc1nc(-c2ccccc2)cs1. The molecule has 0 radical (unpaired) electrons. The summed E-state index contributed by atoms with van der Waals surface area (Å²) in [4.78, 5) is 4.53. The summed E-state index contributed by atoms with van der Waals surface area (Å²) in [6.45, 7) is 2.07. The highest BCUT2D eigenvalue weighted by Gasteiger charge is 2.02. The number of anilines is 1. The van der Waals surface area contributed by atoms with Crippen LogP contribution >= 0.6 is 11.3 Å². The van der Waals surface area contributed by atoms with Crippen LogP contribution in [-0.2, 0) is 0 Å². The van der Waals surface area contributed by atoms with Gasteiger partial charge in [-0.1, -0.05) is 54.6 Å². The molecule has 0 unspecified atom stereocenters.